The summed E-state index contributed by atoms with van der Waals surface area (Å²) >= 11 is 0. The molecular formula is C15H22N2O2. The molecule has 4 heteroatoms. The van der Waals surface area contributed by atoms with Crippen molar-refractivity contribution in [1.82, 2.24) is 10.6 Å². The zero-order chi connectivity index (χ0) is 13.7. The molecular weight excluding hydrogens is 240 g/mol. The second-order valence-electron chi connectivity index (χ2n) is 5.26. The van der Waals surface area contributed by atoms with Gasteiger partial charge in [0, 0.05) is 12.1 Å². The normalized spacial score (nSPS) is 19.1. The van der Waals surface area contributed by atoms with Gasteiger partial charge >= 0.3 is 0 Å². The topological polar surface area (TPSA) is 61.4 Å². The van der Waals surface area contributed by atoms with Gasteiger partial charge in [0.25, 0.3) is 5.91 Å². The summed E-state index contributed by atoms with van der Waals surface area (Å²) in [6.07, 6.45) is 3.48. The van der Waals surface area contributed by atoms with Gasteiger partial charge in [0.1, 0.15) is 5.75 Å². The van der Waals surface area contributed by atoms with Gasteiger partial charge in [0.2, 0.25) is 0 Å². The van der Waals surface area contributed by atoms with Crippen LogP contribution < -0.4 is 10.6 Å². The van der Waals surface area contributed by atoms with Crippen LogP contribution in [0.5, 0.6) is 5.75 Å². The van der Waals surface area contributed by atoms with Crippen molar-refractivity contribution in [2.24, 2.45) is 5.92 Å². The van der Waals surface area contributed by atoms with Crippen molar-refractivity contribution in [2.75, 3.05) is 19.6 Å². The largest absolute Gasteiger partial charge is 0.508 e. The Morgan fingerprint density at radius 1 is 1.53 bits per heavy atom. The SMILES string of the molecule is Cc1ccc(C(=O)NCCC2CCCNC2)cc1O. The molecule has 0 aliphatic carbocycles. The van der Waals surface area contributed by atoms with Crippen LogP contribution in [0.2, 0.25) is 0 Å². The number of rotatable bonds is 4. The van der Waals surface area contributed by atoms with Crippen LogP contribution in [0.25, 0.3) is 0 Å². The summed E-state index contributed by atoms with van der Waals surface area (Å²) < 4.78 is 0. The van der Waals surface area contributed by atoms with E-state index in [0.717, 1.165) is 25.1 Å². The summed E-state index contributed by atoms with van der Waals surface area (Å²) in [6, 6.07) is 5.02. The van der Waals surface area contributed by atoms with E-state index in [-0.39, 0.29) is 11.7 Å². The minimum atomic E-state index is -0.112. The number of carbonyl (C=O) groups excluding carboxylic acids is 1. The Bertz CT molecular complexity index is 440. The monoisotopic (exact) mass is 262 g/mol. The number of aromatic hydroxyl groups is 1. The predicted molar refractivity (Wildman–Crippen MR) is 75.4 cm³/mol. The van der Waals surface area contributed by atoms with E-state index in [1.807, 2.05) is 6.92 Å². The molecule has 0 saturated carbocycles. The third-order valence-electron chi connectivity index (χ3n) is 3.71. The van der Waals surface area contributed by atoms with Crippen LogP contribution in [-0.4, -0.2) is 30.6 Å². The number of phenols is 1. The summed E-state index contributed by atoms with van der Waals surface area (Å²) in [5.41, 5.74) is 1.30. The molecule has 0 aromatic heterocycles. The van der Waals surface area contributed by atoms with E-state index < -0.39 is 0 Å². The molecule has 0 radical (unpaired) electrons. The van der Waals surface area contributed by atoms with Gasteiger partial charge in [-0.3, -0.25) is 4.79 Å². The van der Waals surface area contributed by atoms with Crippen molar-refractivity contribution in [3.63, 3.8) is 0 Å². The lowest BCUT2D eigenvalue weighted by molar-refractivity contribution is 0.0950. The second kappa shape index (κ2) is 6.57. The van der Waals surface area contributed by atoms with Crippen molar-refractivity contribution in [3.8, 4) is 5.75 Å². The highest BCUT2D eigenvalue weighted by atomic mass is 16.3. The number of phenolic OH excluding ortho intramolecular Hbond substituents is 1. The van der Waals surface area contributed by atoms with Crippen LogP contribution in [0.1, 0.15) is 35.2 Å². The Morgan fingerprint density at radius 2 is 2.37 bits per heavy atom. The third-order valence-corrected chi connectivity index (χ3v) is 3.71. The lowest BCUT2D eigenvalue weighted by atomic mass is 9.96. The fourth-order valence-electron chi connectivity index (χ4n) is 2.41. The number of nitrogens with one attached hydrogen (secondary N) is 2. The van der Waals surface area contributed by atoms with Gasteiger partial charge in [-0.25, -0.2) is 0 Å². The lowest BCUT2D eigenvalue weighted by Crippen LogP contribution is -2.33. The number of carbonyl (C=O) groups is 1. The van der Waals surface area contributed by atoms with Gasteiger partial charge in [-0.15, -0.1) is 0 Å². The lowest BCUT2D eigenvalue weighted by Gasteiger charge is -2.22. The summed E-state index contributed by atoms with van der Waals surface area (Å²) in [7, 11) is 0. The van der Waals surface area contributed by atoms with Crippen molar-refractivity contribution >= 4 is 5.91 Å². The average Bonchev–Trinajstić information content (AvgIpc) is 2.43. The Hall–Kier alpha value is -1.55. The molecule has 3 N–H and O–H groups in total. The van der Waals surface area contributed by atoms with E-state index in [2.05, 4.69) is 10.6 Å². The van der Waals surface area contributed by atoms with E-state index in [9.17, 15) is 9.90 Å². The Balaban J connectivity index is 1.78. The van der Waals surface area contributed by atoms with Crippen LogP contribution in [0.3, 0.4) is 0 Å². The van der Waals surface area contributed by atoms with Crippen molar-refractivity contribution in [2.45, 2.75) is 26.2 Å². The Kier molecular flexibility index (Phi) is 4.80. The van der Waals surface area contributed by atoms with Gasteiger partial charge < -0.3 is 15.7 Å². The average molecular weight is 262 g/mol. The van der Waals surface area contributed by atoms with Crippen LogP contribution in [-0.2, 0) is 0 Å². The molecule has 1 fully saturated rings. The molecule has 1 amide bonds. The van der Waals surface area contributed by atoms with Crippen molar-refractivity contribution in [3.05, 3.63) is 29.3 Å². The molecule has 1 saturated heterocycles. The second-order valence-corrected chi connectivity index (χ2v) is 5.26. The van der Waals surface area contributed by atoms with Gasteiger partial charge in [0.05, 0.1) is 0 Å². The van der Waals surface area contributed by atoms with E-state index in [0.29, 0.717) is 18.0 Å². The van der Waals surface area contributed by atoms with E-state index in [1.54, 1.807) is 12.1 Å². The summed E-state index contributed by atoms with van der Waals surface area (Å²) in [6.45, 7) is 4.68. The van der Waals surface area contributed by atoms with E-state index >= 15 is 0 Å². The van der Waals surface area contributed by atoms with Crippen LogP contribution in [0, 0.1) is 12.8 Å². The van der Waals surface area contributed by atoms with E-state index in [1.165, 1.54) is 18.9 Å². The summed E-state index contributed by atoms with van der Waals surface area (Å²) in [4.78, 5) is 11.9. The first-order valence-electron chi connectivity index (χ1n) is 6.95. The first kappa shape index (κ1) is 13.9. The first-order valence-corrected chi connectivity index (χ1v) is 6.95. The molecule has 1 aromatic carbocycles. The number of hydrogen-bond acceptors (Lipinski definition) is 3. The highest BCUT2D eigenvalue weighted by Crippen LogP contribution is 2.17. The van der Waals surface area contributed by atoms with E-state index in [4.69, 9.17) is 0 Å². The van der Waals surface area contributed by atoms with Gasteiger partial charge in [-0.2, -0.15) is 0 Å². The summed E-state index contributed by atoms with van der Waals surface area (Å²) in [5, 5.41) is 15.9. The van der Waals surface area contributed by atoms with Crippen LogP contribution >= 0.6 is 0 Å². The molecule has 1 aromatic rings. The maximum atomic E-state index is 11.9. The molecule has 4 nitrogen and oxygen atoms in total. The molecule has 1 atom stereocenters. The van der Waals surface area contributed by atoms with Gasteiger partial charge in [-0.05, 0) is 62.9 Å². The zero-order valence-electron chi connectivity index (χ0n) is 11.4. The minimum absolute atomic E-state index is 0.112. The Labute approximate surface area is 114 Å². The smallest absolute Gasteiger partial charge is 0.251 e. The standard InChI is InChI=1S/C15H22N2O2/c1-11-4-5-13(9-14(11)18)15(19)17-8-6-12-3-2-7-16-10-12/h4-5,9,12,16,18H,2-3,6-8,10H2,1H3,(H,17,19). The van der Waals surface area contributed by atoms with Gasteiger partial charge in [0.15, 0.2) is 0 Å². The quantitative estimate of drug-likeness (QED) is 0.775. The van der Waals surface area contributed by atoms with Crippen LogP contribution in [0.4, 0.5) is 0 Å². The number of benzene rings is 1. The molecule has 0 bridgehead atoms. The van der Waals surface area contributed by atoms with Crippen LogP contribution in [0.15, 0.2) is 18.2 Å². The number of piperidine rings is 1. The number of hydrogen-bond donors (Lipinski definition) is 3. The highest BCUT2D eigenvalue weighted by molar-refractivity contribution is 5.94. The molecule has 19 heavy (non-hydrogen) atoms. The highest BCUT2D eigenvalue weighted by Gasteiger charge is 2.13. The molecule has 1 heterocycles. The zero-order valence-corrected chi connectivity index (χ0v) is 11.4. The third kappa shape index (κ3) is 3.96. The molecule has 1 aliphatic heterocycles. The molecule has 1 unspecified atom stereocenters. The first-order chi connectivity index (χ1) is 9.16. The predicted octanol–water partition coefficient (Wildman–Crippen LogP) is 1.82. The Morgan fingerprint density at radius 3 is 3.05 bits per heavy atom. The molecule has 1 aliphatic rings. The fourth-order valence-corrected chi connectivity index (χ4v) is 2.41. The maximum Gasteiger partial charge on any atom is 0.251 e. The number of amides is 1. The summed E-state index contributed by atoms with van der Waals surface area (Å²) in [5.74, 6) is 0.726. The minimum Gasteiger partial charge on any atom is -0.508 e. The van der Waals surface area contributed by atoms with Crippen molar-refractivity contribution in [1.29, 1.82) is 0 Å². The molecule has 104 valence electrons. The maximum absolute atomic E-state index is 11.9. The molecule has 2 rings (SSSR count). The number of aryl methyl sites for hydroxylation is 1. The fraction of sp³-hybridized carbons (Fsp3) is 0.533. The van der Waals surface area contributed by atoms with Gasteiger partial charge in [-0.1, -0.05) is 6.07 Å². The molecule has 0 spiro atoms. The van der Waals surface area contributed by atoms with Crippen molar-refractivity contribution < 1.29 is 9.90 Å².